The predicted molar refractivity (Wildman–Crippen MR) is 129 cm³/mol. The summed E-state index contributed by atoms with van der Waals surface area (Å²) in [5.74, 6) is 2.36. The lowest BCUT2D eigenvalue weighted by Gasteiger charge is -2.31. The molecule has 0 spiro atoms. The van der Waals surface area contributed by atoms with E-state index in [1.54, 1.807) is 12.4 Å². The van der Waals surface area contributed by atoms with Crippen molar-refractivity contribution in [2.75, 3.05) is 50.2 Å². The maximum Gasteiger partial charge on any atom is 0.150 e. The predicted octanol–water partition coefficient (Wildman–Crippen LogP) is 3.50. The van der Waals surface area contributed by atoms with Gasteiger partial charge in [0.25, 0.3) is 0 Å². The van der Waals surface area contributed by atoms with Crippen molar-refractivity contribution in [2.24, 2.45) is 5.92 Å². The number of aromatic nitrogens is 4. The van der Waals surface area contributed by atoms with Gasteiger partial charge in [-0.15, -0.1) is 5.10 Å². The van der Waals surface area contributed by atoms with Crippen molar-refractivity contribution in [1.82, 2.24) is 20.2 Å². The molecular formula is C25H32N6O2. The zero-order valence-corrected chi connectivity index (χ0v) is 19.5. The van der Waals surface area contributed by atoms with E-state index in [1.165, 1.54) is 0 Å². The Labute approximate surface area is 194 Å². The van der Waals surface area contributed by atoms with Gasteiger partial charge in [-0.2, -0.15) is 5.10 Å². The standard InChI is InChI=1S/C25H32N6O2/c1-30(2)24-8-5-19(28-29-24)15-18-3-6-21(7-4-18)33-23-17-20(31-11-13-32-14-12-31)16-22-25(23)27-10-9-26-22/h5,8-10,16-18,21H,3-4,6-7,11-15H2,1-2H3. The summed E-state index contributed by atoms with van der Waals surface area (Å²) in [5, 5.41) is 8.73. The first kappa shape index (κ1) is 21.8. The fraction of sp³-hybridized carbons (Fsp3) is 0.520. The molecule has 0 radical (unpaired) electrons. The van der Waals surface area contributed by atoms with Gasteiger partial charge >= 0.3 is 0 Å². The number of hydrogen-bond donors (Lipinski definition) is 0. The van der Waals surface area contributed by atoms with E-state index >= 15 is 0 Å². The van der Waals surface area contributed by atoms with Crippen LogP contribution >= 0.6 is 0 Å². The molecule has 2 fully saturated rings. The Kier molecular flexibility index (Phi) is 6.53. The van der Waals surface area contributed by atoms with Crippen LogP contribution in [0.2, 0.25) is 0 Å². The average Bonchev–Trinajstić information content (AvgIpc) is 2.86. The lowest BCUT2D eigenvalue weighted by molar-refractivity contribution is 0.122. The number of morpholine rings is 1. The fourth-order valence-electron chi connectivity index (χ4n) is 4.75. The van der Waals surface area contributed by atoms with Gasteiger partial charge in [0.05, 0.1) is 30.5 Å². The van der Waals surface area contributed by atoms with Crippen LogP contribution in [0.15, 0.2) is 36.7 Å². The highest BCUT2D eigenvalue weighted by molar-refractivity contribution is 5.85. The van der Waals surface area contributed by atoms with Crippen LogP contribution in [-0.4, -0.2) is 66.7 Å². The van der Waals surface area contributed by atoms with E-state index in [1.807, 2.05) is 25.1 Å². The van der Waals surface area contributed by atoms with Crippen LogP contribution < -0.4 is 14.5 Å². The Balaban J connectivity index is 1.24. The summed E-state index contributed by atoms with van der Waals surface area (Å²) in [5.41, 5.74) is 3.93. The summed E-state index contributed by atoms with van der Waals surface area (Å²) < 4.78 is 12.1. The molecule has 33 heavy (non-hydrogen) atoms. The highest BCUT2D eigenvalue weighted by Gasteiger charge is 2.25. The molecule has 2 aromatic heterocycles. The summed E-state index contributed by atoms with van der Waals surface area (Å²) in [7, 11) is 3.97. The highest BCUT2D eigenvalue weighted by Crippen LogP contribution is 2.34. The Bertz CT molecular complexity index is 1060. The lowest BCUT2D eigenvalue weighted by atomic mass is 9.84. The molecule has 8 heteroatoms. The topological polar surface area (TPSA) is 76.5 Å². The molecule has 8 nitrogen and oxygen atoms in total. The molecule has 1 aliphatic heterocycles. The average molecular weight is 449 g/mol. The molecule has 0 bridgehead atoms. The molecule has 0 unspecified atom stereocenters. The van der Waals surface area contributed by atoms with Crippen LogP contribution in [0.5, 0.6) is 5.75 Å². The summed E-state index contributed by atoms with van der Waals surface area (Å²) in [6.07, 6.45) is 9.01. The van der Waals surface area contributed by atoms with Gasteiger partial charge in [0.1, 0.15) is 11.3 Å². The van der Waals surface area contributed by atoms with E-state index in [2.05, 4.69) is 43.3 Å². The molecule has 5 rings (SSSR count). The Morgan fingerprint density at radius 2 is 1.79 bits per heavy atom. The van der Waals surface area contributed by atoms with Crippen LogP contribution in [0.3, 0.4) is 0 Å². The second-order valence-corrected chi connectivity index (χ2v) is 9.21. The van der Waals surface area contributed by atoms with E-state index in [4.69, 9.17) is 9.47 Å². The van der Waals surface area contributed by atoms with E-state index < -0.39 is 0 Å². The summed E-state index contributed by atoms with van der Waals surface area (Å²) in [6, 6.07) is 8.40. The largest absolute Gasteiger partial charge is 0.488 e. The first-order valence-corrected chi connectivity index (χ1v) is 11.9. The number of anilines is 2. The van der Waals surface area contributed by atoms with Crippen LogP contribution in [0.4, 0.5) is 11.5 Å². The van der Waals surface area contributed by atoms with Crippen LogP contribution in [0.1, 0.15) is 31.4 Å². The normalized spacial score (nSPS) is 21.2. The zero-order chi connectivity index (χ0) is 22.6. The van der Waals surface area contributed by atoms with Crippen molar-refractivity contribution in [3.63, 3.8) is 0 Å². The molecular weight excluding hydrogens is 416 g/mol. The quantitative estimate of drug-likeness (QED) is 0.567. The third-order valence-electron chi connectivity index (χ3n) is 6.65. The molecule has 1 saturated heterocycles. The van der Waals surface area contributed by atoms with Gasteiger partial charge in [-0.3, -0.25) is 4.98 Å². The van der Waals surface area contributed by atoms with Gasteiger partial charge in [0.15, 0.2) is 5.82 Å². The van der Waals surface area contributed by atoms with Gasteiger partial charge in [-0.25, -0.2) is 4.98 Å². The summed E-state index contributed by atoms with van der Waals surface area (Å²) >= 11 is 0. The van der Waals surface area contributed by atoms with E-state index in [0.29, 0.717) is 5.92 Å². The van der Waals surface area contributed by atoms with Crippen molar-refractivity contribution in [3.05, 3.63) is 42.4 Å². The zero-order valence-electron chi connectivity index (χ0n) is 19.5. The smallest absolute Gasteiger partial charge is 0.150 e. The van der Waals surface area contributed by atoms with Crippen molar-refractivity contribution in [2.45, 2.75) is 38.2 Å². The second kappa shape index (κ2) is 9.87. The number of rotatable bonds is 6. The highest BCUT2D eigenvalue weighted by atomic mass is 16.5. The minimum Gasteiger partial charge on any atom is -0.488 e. The number of fused-ring (bicyclic) bond motifs is 1. The van der Waals surface area contributed by atoms with Crippen molar-refractivity contribution in [1.29, 1.82) is 0 Å². The van der Waals surface area contributed by atoms with Crippen LogP contribution in [0.25, 0.3) is 11.0 Å². The molecule has 174 valence electrons. The molecule has 0 N–H and O–H groups in total. The molecule has 0 atom stereocenters. The van der Waals surface area contributed by atoms with Gasteiger partial charge < -0.3 is 19.3 Å². The van der Waals surface area contributed by atoms with Crippen molar-refractivity contribution in [3.8, 4) is 5.75 Å². The Morgan fingerprint density at radius 3 is 2.52 bits per heavy atom. The molecule has 0 amide bonds. The van der Waals surface area contributed by atoms with Crippen molar-refractivity contribution >= 4 is 22.5 Å². The number of benzene rings is 1. The maximum absolute atomic E-state index is 6.55. The SMILES string of the molecule is CN(C)c1ccc(CC2CCC(Oc3cc(N4CCOCC4)cc4nccnc34)CC2)nn1. The summed E-state index contributed by atoms with van der Waals surface area (Å²) in [6.45, 7) is 3.27. The molecule has 2 aliphatic rings. The second-order valence-electron chi connectivity index (χ2n) is 9.21. The first-order chi connectivity index (χ1) is 16.2. The molecule has 1 aliphatic carbocycles. The van der Waals surface area contributed by atoms with Gasteiger partial charge in [-0.1, -0.05) is 0 Å². The third kappa shape index (κ3) is 5.16. The van der Waals surface area contributed by atoms with Crippen LogP contribution in [-0.2, 0) is 11.2 Å². The monoisotopic (exact) mass is 448 g/mol. The first-order valence-electron chi connectivity index (χ1n) is 11.9. The molecule has 3 aromatic rings. The third-order valence-corrected chi connectivity index (χ3v) is 6.65. The number of hydrogen-bond acceptors (Lipinski definition) is 8. The Morgan fingerprint density at radius 1 is 1.00 bits per heavy atom. The molecule has 1 aromatic carbocycles. The van der Waals surface area contributed by atoms with Crippen molar-refractivity contribution < 1.29 is 9.47 Å². The Hall–Kier alpha value is -3.00. The number of ether oxygens (including phenoxy) is 2. The minimum absolute atomic E-state index is 0.202. The minimum atomic E-state index is 0.202. The maximum atomic E-state index is 6.55. The van der Waals surface area contributed by atoms with E-state index in [-0.39, 0.29) is 6.10 Å². The van der Waals surface area contributed by atoms with E-state index in [9.17, 15) is 0 Å². The number of nitrogens with zero attached hydrogens (tertiary/aromatic N) is 6. The molecule has 3 heterocycles. The van der Waals surface area contributed by atoms with E-state index in [0.717, 1.165) is 92.4 Å². The summed E-state index contributed by atoms with van der Waals surface area (Å²) in [4.78, 5) is 13.4. The lowest BCUT2D eigenvalue weighted by Crippen LogP contribution is -2.36. The fourth-order valence-corrected chi connectivity index (χ4v) is 4.75. The molecule has 1 saturated carbocycles. The van der Waals surface area contributed by atoms with Gasteiger partial charge in [0, 0.05) is 51.3 Å². The van der Waals surface area contributed by atoms with Gasteiger partial charge in [-0.05, 0) is 56.2 Å². The van der Waals surface area contributed by atoms with Gasteiger partial charge in [0.2, 0.25) is 0 Å². The van der Waals surface area contributed by atoms with Crippen LogP contribution in [0, 0.1) is 5.92 Å².